The third-order valence-corrected chi connectivity index (χ3v) is 6.22. The van der Waals surface area contributed by atoms with Crippen molar-refractivity contribution in [1.82, 2.24) is 15.1 Å². The van der Waals surface area contributed by atoms with E-state index in [1.54, 1.807) is 4.90 Å². The van der Waals surface area contributed by atoms with Crippen LogP contribution in [0.4, 0.5) is 9.18 Å². The Morgan fingerprint density at radius 1 is 1.00 bits per heavy atom. The molecule has 1 saturated carbocycles. The van der Waals surface area contributed by atoms with Gasteiger partial charge in [-0.1, -0.05) is 29.8 Å². The van der Waals surface area contributed by atoms with E-state index < -0.39 is 0 Å². The molecule has 30 heavy (non-hydrogen) atoms. The number of carbonyl (C=O) groups excluding carboxylic acids is 2. The van der Waals surface area contributed by atoms with E-state index in [1.165, 1.54) is 12.1 Å². The quantitative estimate of drug-likeness (QED) is 0.837. The predicted octanol–water partition coefficient (Wildman–Crippen LogP) is 3.72. The van der Waals surface area contributed by atoms with Crippen molar-refractivity contribution in [3.63, 3.8) is 0 Å². The standard InChI is InChI=1S/C24H28FN3O2/c1-18-4-2-5-19(16-18)22(29)27-12-3-13-28(15-14-27)23(30)26-17-24(10-11-24)20-6-8-21(25)9-7-20/h2,4-9,16H,3,10-15,17H2,1H3,(H,26,30). The van der Waals surface area contributed by atoms with Gasteiger partial charge in [-0.05, 0) is 56.0 Å². The summed E-state index contributed by atoms with van der Waals surface area (Å²) in [7, 11) is 0. The normalized spacial score (nSPS) is 17.9. The molecule has 1 heterocycles. The minimum atomic E-state index is -0.243. The molecule has 0 unspecified atom stereocenters. The highest BCUT2D eigenvalue weighted by molar-refractivity contribution is 5.94. The molecule has 1 saturated heterocycles. The van der Waals surface area contributed by atoms with Gasteiger partial charge in [0.25, 0.3) is 5.91 Å². The second-order valence-electron chi connectivity index (χ2n) is 8.45. The number of halogens is 1. The van der Waals surface area contributed by atoms with Crippen molar-refractivity contribution in [3.05, 3.63) is 71.0 Å². The Hall–Kier alpha value is -2.89. The number of carbonyl (C=O) groups is 2. The third-order valence-electron chi connectivity index (χ3n) is 6.22. The number of urea groups is 1. The van der Waals surface area contributed by atoms with Crippen LogP contribution in [0.1, 0.15) is 40.7 Å². The molecule has 3 amide bonds. The van der Waals surface area contributed by atoms with Gasteiger partial charge in [0.1, 0.15) is 5.82 Å². The molecule has 0 spiro atoms. The van der Waals surface area contributed by atoms with Crippen LogP contribution in [0.3, 0.4) is 0 Å². The Morgan fingerprint density at radius 3 is 2.40 bits per heavy atom. The topological polar surface area (TPSA) is 52.7 Å². The summed E-state index contributed by atoms with van der Waals surface area (Å²) in [5.74, 6) is -0.220. The molecule has 6 heteroatoms. The molecule has 0 aromatic heterocycles. The van der Waals surface area contributed by atoms with Gasteiger partial charge < -0.3 is 15.1 Å². The maximum absolute atomic E-state index is 13.2. The number of amides is 3. The van der Waals surface area contributed by atoms with Crippen molar-refractivity contribution in [3.8, 4) is 0 Å². The van der Waals surface area contributed by atoms with Crippen LogP contribution in [-0.4, -0.2) is 54.5 Å². The van der Waals surface area contributed by atoms with Gasteiger partial charge in [-0.2, -0.15) is 0 Å². The number of rotatable bonds is 4. The predicted molar refractivity (Wildman–Crippen MR) is 114 cm³/mol. The van der Waals surface area contributed by atoms with E-state index in [0.29, 0.717) is 38.3 Å². The van der Waals surface area contributed by atoms with Crippen molar-refractivity contribution in [2.75, 3.05) is 32.7 Å². The Balaban J connectivity index is 1.31. The largest absolute Gasteiger partial charge is 0.337 e. The molecule has 1 aliphatic heterocycles. The summed E-state index contributed by atoms with van der Waals surface area (Å²) in [6.45, 7) is 4.86. The summed E-state index contributed by atoms with van der Waals surface area (Å²) in [5, 5.41) is 3.07. The summed E-state index contributed by atoms with van der Waals surface area (Å²) in [4.78, 5) is 29.2. The Kier molecular flexibility index (Phi) is 5.75. The Morgan fingerprint density at radius 2 is 1.70 bits per heavy atom. The van der Waals surface area contributed by atoms with Gasteiger partial charge >= 0.3 is 6.03 Å². The van der Waals surface area contributed by atoms with Gasteiger partial charge in [-0.3, -0.25) is 4.79 Å². The monoisotopic (exact) mass is 409 g/mol. The number of benzene rings is 2. The fraction of sp³-hybridized carbons (Fsp3) is 0.417. The molecule has 5 nitrogen and oxygen atoms in total. The maximum Gasteiger partial charge on any atom is 0.317 e. The number of aryl methyl sites for hydroxylation is 1. The molecule has 4 rings (SSSR count). The van der Waals surface area contributed by atoms with Crippen LogP contribution in [0.15, 0.2) is 48.5 Å². The van der Waals surface area contributed by atoms with Gasteiger partial charge in [0.2, 0.25) is 0 Å². The van der Waals surface area contributed by atoms with Gasteiger partial charge in [-0.25, -0.2) is 9.18 Å². The lowest BCUT2D eigenvalue weighted by atomic mass is 9.96. The molecule has 2 aromatic carbocycles. The van der Waals surface area contributed by atoms with Crippen LogP contribution in [0.5, 0.6) is 0 Å². The summed E-state index contributed by atoms with van der Waals surface area (Å²) in [6.07, 6.45) is 2.75. The van der Waals surface area contributed by atoms with Crippen LogP contribution < -0.4 is 5.32 Å². The molecular formula is C24H28FN3O2. The second kappa shape index (κ2) is 8.46. The first-order valence-corrected chi connectivity index (χ1v) is 10.6. The summed E-state index contributed by atoms with van der Waals surface area (Å²) < 4.78 is 13.2. The number of nitrogens with zero attached hydrogens (tertiary/aromatic N) is 2. The average molecular weight is 410 g/mol. The first kappa shape index (κ1) is 20.4. The van der Waals surface area contributed by atoms with Crippen LogP contribution in [0.25, 0.3) is 0 Å². The van der Waals surface area contributed by atoms with E-state index in [4.69, 9.17) is 0 Å². The highest BCUT2D eigenvalue weighted by atomic mass is 19.1. The van der Waals surface area contributed by atoms with Crippen LogP contribution >= 0.6 is 0 Å². The van der Waals surface area contributed by atoms with Crippen LogP contribution in [0, 0.1) is 12.7 Å². The fourth-order valence-electron chi connectivity index (χ4n) is 4.16. The first-order valence-electron chi connectivity index (χ1n) is 10.6. The van der Waals surface area contributed by atoms with E-state index in [1.807, 2.05) is 48.2 Å². The van der Waals surface area contributed by atoms with Crippen molar-refractivity contribution in [1.29, 1.82) is 0 Å². The van der Waals surface area contributed by atoms with E-state index >= 15 is 0 Å². The SMILES string of the molecule is Cc1cccc(C(=O)N2CCCN(C(=O)NCC3(c4ccc(F)cc4)CC3)CC2)c1. The molecule has 0 bridgehead atoms. The lowest BCUT2D eigenvalue weighted by Crippen LogP contribution is -2.44. The van der Waals surface area contributed by atoms with Crippen LogP contribution in [0.2, 0.25) is 0 Å². The summed E-state index contributed by atoms with van der Waals surface area (Å²) in [5.41, 5.74) is 2.77. The van der Waals surface area contributed by atoms with E-state index in [9.17, 15) is 14.0 Å². The number of hydrogen-bond acceptors (Lipinski definition) is 2. The molecule has 2 aromatic rings. The first-order chi connectivity index (χ1) is 14.5. The minimum absolute atomic E-state index is 0.0224. The van der Waals surface area contributed by atoms with Crippen molar-refractivity contribution in [2.24, 2.45) is 0 Å². The highest BCUT2D eigenvalue weighted by Crippen LogP contribution is 2.47. The molecule has 0 radical (unpaired) electrons. The molecule has 0 atom stereocenters. The zero-order valence-corrected chi connectivity index (χ0v) is 17.4. The molecule has 2 aliphatic rings. The van der Waals surface area contributed by atoms with E-state index in [0.717, 1.165) is 30.4 Å². The fourth-order valence-corrected chi connectivity index (χ4v) is 4.16. The van der Waals surface area contributed by atoms with Gasteiger partial charge in [-0.15, -0.1) is 0 Å². The number of nitrogens with one attached hydrogen (secondary N) is 1. The molecule has 158 valence electrons. The maximum atomic E-state index is 13.2. The van der Waals surface area contributed by atoms with Gasteiger partial charge in [0.05, 0.1) is 0 Å². The molecule has 1 aliphatic carbocycles. The zero-order chi connectivity index (χ0) is 21.1. The summed E-state index contributed by atoms with van der Waals surface area (Å²) >= 11 is 0. The molecule has 2 fully saturated rings. The van der Waals surface area contributed by atoms with Crippen molar-refractivity contribution in [2.45, 2.75) is 31.6 Å². The Bertz CT molecular complexity index is 924. The van der Waals surface area contributed by atoms with Crippen molar-refractivity contribution < 1.29 is 14.0 Å². The molecular weight excluding hydrogens is 381 g/mol. The average Bonchev–Trinajstić information content (AvgIpc) is 3.56. The minimum Gasteiger partial charge on any atom is -0.337 e. The highest BCUT2D eigenvalue weighted by Gasteiger charge is 2.44. The second-order valence-corrected chi connectivity index (χ2v) is 8.45. The smallest absolute Gasteiger partial charge is 0.317 e. The van der Waals surface area contributed by atoms with Gasteiger partial charge in [0.15, 0.2) is 0 Å². The van der Waals surface area contributed by atoms with E-state index in [2.05, 4.69) is 5.32 Å². The summed E-state index contributed by atoms with van der Waals surface area (Å²) in [6, 6.07) is 14.1. The third kappa shape index (κ3) is 4.48. The lowest BCUT2D eigenvalue weighted by molar-refractivity contribution is 0.0762. The van der Waals surface area contributed by atoms with E-state index in [-0.39, 0.29) is 23.2 Å². The van der Waals surface area contributed by atoms with Gasteiger partial charge in [0, 0.05) is 43.7 Å². The lowest BCUT2D eigenvalue weighted by Gasteiger charge is -2.24. The molecule has 1 N–H and O–H groups in total. The van der Waals surface area contributed by atoms with Crippen LogP contribution in [-0.2, 0) is 5.41 Å². The Labute approximate surface area is 176 Å². The zero-order valence-electron chi connectivity index (χ0n) is 17.4. The van der Waals surface area contributed by atoms with Crippen molar-refractivity contribution >= 4 is 11.9 Å². The number of hydrogen-bond donors (Lipinski definition) is 1.